The van der Waals surface area contributed by atoms with Crippen molar-refractivity contribution in [1.29, 1.82) is 0 Å². The number of hydrogen-bond donors (Lipinski definition) is 0. The topological polar surface area (TPSA) is 39.9 Å². The van der Waals surface area contributed by atoms with Gasteiger partial charge < -0.3 is 4.74 Å². The number of halogens is 2. The standard InChI is InChI=1S/C12H13Cl2N3O/c1-7(2)11-15-16-12(14)17(11)10-6-8(18-3)4-5-9(10)13/h4-7H,1-3H3. The first-order valence-electron chi connectivity index (χ1n) is 5.49. The highest BCUT2D eigenvalue weighted by Gasteiger charge is 2.17. The van der Waals surface area contributed by atoms with E-state index in [4.69, 9.17) is 27.9 Å². The third-order valence-electron chi connectivity index (χ3n) is 2.56. The van der Waals surface area contributed by atoms with E-state index in [1.165, 1.54) is 0 Å². The molecule has 0 aliphatic rings. The maximum atomic E-state index is 6.20. The Balaban J connectivity index is 2.64. The number of ether oxygens (including phenoxy) is 1. The molecule has 0 aliphatic carbocycles. The second-order valence-corrected chi connectivity index (χ2v) is 4.88. The Hall–Kier alpha value is -1.26. The summed E-state index contributed by atoms with van der Waals surface area (Å²) in [5.41, 5.74) is 0.717. The molecule has 0 N–H and O–H groups in total. The third-order valence-corrected chi connectivity index (χ3v) is 3.12. The molecule has 0 radical (unpaired) electrons. The Bertz CT molecular complexity index is 566. The van der Waals surface area contributed by atoms with Gasteiger partial charge >= 0.3 is 0 Å². The minimum absolute atomic E-state index is 0.187. The van der Waals surface area contributed by atoms with Crippen LogP contribution in [0, 0.1) is 0 Å². The van der Waals surface area contributed by atoms with Crippen molar-refractivity contribution in [2.75, 3.05) is 7.11 Å². The number of hydrogen-bond acceptors (Lipinski definition) is 3. The number of nitrogens with zero attached hydrogens (tertiary/aromatic N) is 3. The fourth-order valence-electron chi connectivity index (χ4n) is 1.66. The van der Waals surface area contributed by atoms with Gasteiger partial charge in [-0.3, -0.25) is 4.57 Å². The summed E-state index contributed by atoms with van der Waals surface area (Å²) in [6.07, 6.45) is 0. The normalized spacial score (nSPS) is 11.0. The van der Waals surface area contributed by atoms with Gasteiger partial charge in [-0.2, -0.15) is 0 Å². The molecule has 0 saturated heterocycles. The molecular formula is C12H13Cl2N3O. The molecule has 6 heteroatoms. The quantitative estimate of drug-likeness (QED) is 0.863. The summed E-state index contributed by atoms with van der Waals surface area (Å²) in [6.45, 7) is 4.04. The summed E-state index contributed by atoms with van der Waals surface area (Å²) in [5, 5.41) is 8.81. The molecule has 0 fully saturated rings. The Morgan fingerprint density at radius 3 is 2.56 bits per heavy atom. The lowest BCUT2D eigenvalue weighted by Crippen LogP contribution is -2.04. The van der Waals surface area contributed by atoms with E-state index >= 15 is 0 Å². The SMILES string of the molecule is COc1ccc(Cl)c(-n2c(Cl)nnc2C(C)C)c1. The number of aromatic nitrogens is 3. The van der Waals surface area contributed by atoms with Gasteiger partial charge in [-0.1, -0.05) is 25.4 Å². The second kappa shape index (κ2) is 5.16. The molecule has 0 unspecified atom stereocenters. The van der Waals surface area contributed by atoms with E-state index in [1.54, 1.807) is 23.8 Å². The van der Waals surface area contributed by atoms with Crippen molar-refractivity contribution in [2.45, 2.75) is 19.8 Å². The van der Waals surface area contributed by atoms with Crippen molar-refractivity contribution in [3.05, 3.63) is 34.3 Å². The highest BCUT2D eigenvalue weighted by atomic mass is 35.5. The molecule has 0 atom stereocenters. The van der Waals surface area contributed by atoms with Crippen LogP contribution in [0.2, 0.25) is 10.3 Å². The molecule has 0 saturated carbocycles. The maximum absolute atomic E-state index is 6.20. The van der Waals surface area contributed by atoms with Gasteiger partial charge in [-0.05, 0) is 23.7 Å². The molecule has 18 heavy (non-hydrogen) atoms. The van der Waals surface area contributed by atoms with Crippen LogP contribution in [0.4, 0.5) is 0 Å². The predicted octanol–water partition coefficient (Wildman–Crippen LogP) is 3.71. The molecule has 1 aromatic heterocycles. The van der Waals surface area contributed by atoms with Gasteiger partial charge in [0.2, 0.25) is 5.28 Å². The van der Waals surface area contributed by atoms with Gasteiger partial charge in [0, 0.05) is 12.0 Å². The summed E-state index contributed by atoms with van der Waals surface area (Å²) in [6, 6.07) is 5.36. The van der Waals surface area contributed by atoms with E-state index in [1.807, 2.05) is 19.9 Å². The van der Waals surface area contributed by atoms with Gasteiger partial charge in [0.25, 0.3) is 0 Å². The molecule has 96 valence electrons. The van der Waals surface area contributed by atoms with Gasteiger partial charge in [-0.15, -0.1) is 10.2 Å². The van der Waals surface area contributed by atoms with Crippen LogP contribution < -0.4 is 4.74 Å². The van der Waals surface area contributed by atoms with E-state index in [0.29, 0.717) is 10.8 Å². The Morgan fingerprint density at radius 1 is 1.22 bits per heavy atom. The third kappa shape index (κ3) is 2.31. The van der Waals surface area contributed by atoms with E-state index in [-0.39, 0.29) is 11.2 Å². The monoisotopic (exact) mass is 285 g/mol. The number of benzene rings is 1. The van der Waals surface area contributed by atoms with E-state index < -0.39 is 0 Å². The summed E-state index contributed by atoms with van der Waals surface area (Å²) >= 11 is 12.3. The molecule has 0 bridgehead atoms. The van der Waals surface area contributed by atoms with Crippen LogP contribution in [0.15, 0.2) is 18.2 Å². The zero-order valence-corrected chi connectivity index (χ0v) is 11.8. The lowest BCUT2D eigenvalue weighted by atomic mass is 10.2. The van der Waals surface area contributed by atoms with Crippen LogP contribution in [-0.4, -0.2) is 21.9 Å². The summed E-state index contributed by atoms with van der Waals surface area (Å²) in [4.78, 5) is 0. The van der Waals surface area contributed by atoms with E-state index in [2.05, 4.69) is 10.2 Å². The van der Waals surface area contributed by atoms with Gasteiger partial charge in [0.15, 0.2) is 0 Å². The number of rotatable bonds is 3. The molecule has 2 rings (SSSR count). The molecular weight excluding hydrogens is 273 g/mol. The van der Waals surface area contributed by atoms with E-state index in [0.717, 1.165) is 11.5 Å². The molecule has 1 aromatic carbocycles. The van der Waals surface area contributed by atoms with Crippen molar-refractivity contribution in [3.63, 3.8) is 0 Å². The fourth-order valence-corrected chi connectivity index (χ4v) is 2.08. The van der Waals surface area contributed by atoms with E-state index in [9.17, 15) is 0 Å². The molecule has 4 nitrogen and oxygen atoms in total. The predicted molar refractivity (Wildman–Crippen MR) is 72.0 cm³/mol. The first-order valence-corrected chi connectivity index (χ1v) is 6.25. The second-order valence-electron chi connectivity index (χ2n) is 4.13. The maximum Gasteiger partial charge on any atom is 0.229 e. The zero-order valence-electron chi connectivity index (χ0n) is 10.3. The molecule has 0 aliphatic heterocycles. The fraction of sp³-hybridized carbons (Fsp3) is 0.333. The van der Waals surface area contributed by atoms with Crippen molar-refractivity contribution in [3.8, 4) is 11.4 Å². The smallest absolute Gasteiger partial charge is 0.229 e. The minimum atomic E-state index is 0.187. The Labute approximate surface area is 115 Å². The summed E-state index contributed by atoms with van der Waals surface area (Å²) in [7, 11) is 1.60. The van der Waals surface area contributed by atoms with Gasteiger partial charge in [0.05, 0.1) is 17.8 Å². The lowest BCUT2D eigenvalue weighted by molar-refractivity contribution is 0.414. The molecule has 2 aromatic rings. The van der Waals surface area contributed by atoms with Crippen molar-refractivity contribution >= 4 is 23.2 Å². The lowest BCUT2D eigenvalue weighted by Gasteiger charge is -2.12. The van der Waals surface area contributed by atoms with Crippen molar-refractivity contribution in [2.24, 2.45) is 0 Å². The summed E-state index contributed by atoms with van der Waals surface area (Å²) < 4.78 is 6.93. The van der Waals surface area contributed by atoms with Crippen LogP contribution in [0.25, 0.3) is 5.69 Å². The average molecular weight is 286 g/mol. The minimum Gasteiger partial charge on any atom is -0.497 e. The highest BCUT2D eigenvalue weighted by Crippen LogP contribution is 2.30. The Morgan fingerprint density at radius 2 is 1.94 bits per heavy atom. The highest BCUT2D eigenvalue weighted by molar-refractivity contribution is 6.33. The van der Waals surface area contributed by atoms with Crippen molar-refractivity contribution in [1.82, 2.24) is 14.8 Å². The van der Waals surface area contributed by atoms with Crippen molar-refractivity contribution < 1.29 is 4.74 Å². The molecule has 1 heterocycles. The van der Waals surface area contributed by atoms with Crippen LogP contribution in [0.5, 0.6) is 5.75 Å². The van der Waals surface area contributed by atoms with Crippen LogP contribution >= 0.6 is 23.2 Å². The first-order chi connectivity index (χ1) is 8.54. The van der Waals surface area contributed by atoms with Gasteiger partial charge in [-0.25, -0.2) is 0 Å². The van der Waals surface area contributed by atoms with Crippen LogP contribution in [-0.2, 0) is 0 Å². The van der Waals surface area contributed by atoms with Crippen LogP contribution in [0.3, 0.4) is 0 Å². The first kappa shape index (κ1) is 13.2. The molecule has 0 amide bonds. The summed E-state index contributed by atoms with van der Waals surface area (Å²) in [5.74, 6) is 1.65. The average Bonchev–Trinajstić information content (AvgIpc) is 2.72. The van der Waals surface area contributed by atoms with Crippen LogP contribution in [0.1, 0.15) is 25.6 Å². The van der Waals surface area contributed by atoms with Gasteiger partial charge in [0.1, 0.15) is 11.6 Å². The number of methoxy groups -OCH3 is 1. The largest absolute Gasteiger partial charge is 0.497 e. The molecule has 0 spiro atoms. The Kier molecular flexibility index (Phi) is 3.78. The zero-order chi connectivity index (χ0) is 13.3.